The van der Waals surface area contributed by atoms with Gasteiger partial charge in [-0.1, -0.05) is 0 Å². The van der Waals surface area contributed by atoms with Crippen molar-refractivity contribution in [3.05, 3.63) is 0 Å². The molecule has 4 N–H and O–H groups in total. The second-order valence-corrected chi connectivity index (χ2v) is 10.3. The van der Waals surface area contributed by atoms with Gasteiger partial charge in [0, 0.05) is 0 Å². The van der Waals surface area contributed by atoms with E-state index in [1.54, 1.807) is 0 Å². The first-order chi connectivity index (χ1) is 3.71. The van der Waals surface area contributed by atoms with E-state index in [1.807, 2.05) is 0 Å². The number of hydrogen-bond acceptors (Lipinski definition) is 3. The van der Waals surface area contributed by atoms with E-state index in [4.69, 9.17) is 19.6 Å². The smallest absolute Gasteiger partial charge is 0.337 e. The van der Waals surface area contributed by atoms with Crippen molar-refractivity contribution in [3.8, 4) is 0 Å². The molecule has 0 unspecified atom stereocenters. The van der Waals surface area contributed by atoms with Gasteiger partial charge < -0.3 is 19.6 Å². The zero-order valence-electron chi connectivity index (χ0n) is 3.91. The fourth-order valence-corrected chi connectivity index (χ4v) is 6.09. The Labute approximate surface area is 59.9 Å². The Morgan fingerprint density at radius 1 is 1.22 bits per heavy atom. The summed E-state index contributed by atoms with van der Waals surface area (Å²) in [6, 6.07) is 0. The molecule has 0 radical (unpaired) electrons. The van der Waals surface area contributed by atoms with Crippen molar-refractivity contribution in [2.24, 2.45) is 0 Å². The third-order valence-electron chi connectivity index (χ3n) is 0.213. The van der Waals surface area contributed by atoms with Crippen LogP contribution in [-0.4, -0.2) is 19.6 Å². The maximum Gasteiger partial charge on any atom is 0.393 e. The van der Waals surface area contributed by atoms with E-state index in [9.17, 15) is 4.57 Å². The van der Waals surface area contributed by atoms with Gasteiger partial charge >= 0.3 is 6.80 Å². The third-order valence-corrected chi connectivity index (χ3v) is 7.54. The van der Waals surface area contributed by atoms with E-state index in [0.717, 1.165) is 0 Å². The molecule has 0 saturated heterocycles. The van der Waals surface area contributed by atoms with Crippen LogP contribution in [0.4, 0.5) is 0 Å². The lowest BCUT2D eigenvalue weighted by atomic mass is 15.8. The first-order valence-electron chi connectivity index (χ1n) is 1.53. The number of rotatable bonds is 2. The molecule has 0 amide bonds. The van der Waals surface area contributed by atoms with E-state index in [2.05, 4.69) is 11.8 Å². The molecule has 0 atom stereocenters. The van der Waals surface area contributed by atoms with Crippen LogP contribution in [0.15, 0.2) is 0 Å². The summed E-state index contributed by atoms with van der Waals surface area (Å²) in [5.74, 6) is 0. The van der Waals surface area contributed by atoms with Gasteiger partial charge in [-0.25, -0.2) is 4.57 Å². The fraction of sp³-hybridized carbons (Fsp3) is 0. The second kappa shape index (κ2) is 2.98. The Bertz CT molecular complexity index is 153. The van der Waals surface area contributed by atoms with Gasteiger partial charge in [0.15, 0.2) is 0 Å². The van der Waals surface area contributed by atoms with Crippen LogP contribution in [-0.2, 0) is 16.4 Å². The summed E-state index contributed by atoms with van der Waals surface area (Å²) in [6.45, 7) is -4.43. The molecule has 0 rings (SSSR count). The van der Waals surface area contributed by atoms with Crippen LogP contribution >= 0.6 is 23.5 Å². The molecule has 0 aliphatic heterocycles. The zero-order chi connectivity index (χ0) is 7.71. The Balaban J connectivity index is 4.07. The molecule has 0 saturated carbocycles. The second-order valence-electron chi connectivity index (χ2n) is 1.06. The molecule has 56 valence electrons. The lowest BCUT2D eigenvalue weighted by Gasteiger charge is -2.05. The van der Waals surface area contributed by atoms with Crippen LogP contribution in [0, 0.1) is 0 Å². The maximum atomic E-state index is 9.95. The van der Waals surface area contributed by atoms with E-state index in [1.165, 1.54) is 0 Å². The minimum Gasteiger partial charge on any atom is -0.337 e. The minimum absolute atomic E-state index is 0.282. The largest absolute Gasteiger partial charge is 0.393 e. The highest BCUT2D eigenvalue weighted by molar-refractivity contribution is 8.90. The van der Waals surface area contributed by atoms with Gasteiger partial charge in [0.05, 0.1) is 11.0 Å². The van der Waals surface area contributed by atoms with E-state index in [0.29, 0.717) is 0 Å². The molecule has 0 spiro atoms. The summed E-state index contributed by atoms with van der Waals surface area (Å²) in [5, 5.41) is 0. The highest BCUT2D eigenvalue weighted by atomic mass is 33.2. The first-order valence-corrected chi connectivity index (χ1v) is 7.88. The van der Waals surface area contributed by atoms with Gasteiger partial charge in [0.2, 0.25) is 0 Å². The summed E-state index contributed by atoms with van der Waals surface area (Å²) < 4.78 is 9.95. The van der Waals surface area contributed by atoms with E-state index in [-0.39, 0.29) is 11.0 Å². The molecule has 0 aromatic heterocycles. The average molecular weight is 210 g/mol. The van der Waals surface area contributed by atoms with Crippen molar-refractivity contribution >= 4 is 35.3 Å². The molecule has 9 heavy (non-hydrogen) atoms. The van der Waals surface area contributed by atoms with Gasteiger partial charge in [-0.15, -0.1) is 0 Å². The minimum atomic E-state index is -4.43. The molecule has 9 heteroatoms. The lowest BCUT2D eigenvalue weighted by molar-refractivity contribution is 0.397. The molecule has 0 aliphatic carbocycles. The average Bonchev–Trinajstić information content (AvgIpc) is 1.14. The molecule has 0 aromatic carbocycles. The molecule has 0 aromatic rings. The molecular formula is H4O5P2S2. The SMILES string of the molecule is O=P(O)(O)SP(O)(O)=S. The molecule has 0 fully saturated rings. The van der Waals surface area contributed by atoms with Crippen molar-refractivity contribution < 1.29 is 24.1 Å². The van der Waals surface area contributed by atoms with Crippen molar-refractivity contribution in [3.63, 3.8) is 0 Å². The van der Waals surface area contributed by atoms with Crippen LogP contribution in [0.1, 0.15) is 0 Å². The van der Waals surface area contributed by atoms with Gasteiger partial charge in [-0.2, -0.15) is 0 Å². The summed E-state index contributed by atoms with van der Waals surface area (Å²) in [6.07, 6.45) is 0. The molecule has 0 aliphatic rings. The Hall–Kier alpha value is 1.07. The van der Waals surface area contributed by atoms with Crippen molar-refractivity contribution in [1.29, 1.82) is 0 Å². The predicted octanol–water partition coefficient (Wildman–Crippen LogP) is 0.0214. The van der Waals surface area contributed by atoms with Crippen molar-refractivity contribution in [2.45, 2.75) is 0 Å². The fourth-order valence-electron chi connectivity index (χ4n) is 0.139. The number of hydrogen-bond donors (Lipinski definition) is 4. The van der Waals surface area contributed by atoms with Crippen LogP contribution in [0.3, 0.4) is 0 Å². The summed E-state index contributed by atoms with van der Waals surface area (Å²) in [4.78, 5) is 32.7. The Kier molecular flexibility index (Phi) is 3.34. The third kappa shape index (κ3) is 9.07. The highest BCUT2D eigenvalue weighted by Gasteiger charge is 2.24. The predicted molar refractivity (Wildman–Crippen MR) is 38.4 cm³/mol. The summed E-state index contributed by atoms with van der Waals surface area (Å²) in [7, 11) is 0. The van der Waals surface area contributed by atoms with Crippen molar-refractivity contribution in [1.82, 2.24) is 0 Å². The summed E-state index contributed by atoms with van der Waals surface area (Å²) >= 11 is 3.64. The molecular weight excluding hydrogens is 206 g/mol. The topological polar surface area (TPSA) is 98.0 Å². The quantitative estimate of drug-likeness (QED) is 0.477. The van der Waals surface area contributed by atoms with Crippen LogP contribution in [0.25, 0.3) is 0 Å². The van der Waals surface area contributed by atoms with E-state index >= 15 is 0 Å². The molecule has 0 heterocycles. The highest BCUT2D eigenvalue weighted by Crippen LogP contribution is 2.70. The Morgan fingerprint density at radius 2 is 1.56 bits per heavy atom. The normalized spacial score (nSPS) is 13.8. The van der Waals surface area contributed by atoms with Gasteiger partial charge in [-0.3, -0.25) is 0 Å². The van der Waals surface area contributed by atoms with E-state index < -0.39 is 12.5 Å². The van der Waals surface area contributed by atoms with Gasteiger partial charge in [0.25, 0.3) is 5.69 Å². The Morgan fingerprint density at radius 3 is 1.56 bits per heavy atom. The maximum absolute atomic E-state index is 9.95. The van der Waals surface area contributed by atoms with Gasteiger partial charge in [-0.05, 0) is 11.8 Å². The van der Waals surface area contributed by atoms with Crippen LogP contribution in [0.5, 0.6) is 0 Å². The summed E-state index contributed by atoms with van der Waals surface area (Å²) in [5.41, 5.74) is -3.80. The van der Waals surface area contributed by atoms with Crippen LogP contribution < -0.4 is 0 Å². The standard InChI is InChI=1S/H4O5P2S2/c1-6(2,3)9-7(4,5)8/h(H2,1,2,3)(H2,4,5,8). The molecule has 0 bridgehead atoms. The zero-order valence-corrected chi connectivity index (χ0v) is 7.33. The molecule has 5 nitrogen and oxygen atoms in total. The first kappa shape index (κ1) is 10.1. The lowest BCUT2D eigenvalue weighted by Crippen LogP contribution is -1.70. The van der Waals surface area contributed by atoms with Crippen molar-refractivity contribution in [2.75, 3.05) is 0 Å². The van der Waals surface area contributed by atoms with Gasteiger partial charge in [0.1, 0.15) is 0 Å². The monoisotopic (exact) mass is 210 g/mol. The van der Waals surface area contributed by atoms with Crippen LogP contribution in [0.2, 0.25) is 0 Å².